The van der Waals surface area contributed by atoms with Crippen LogP contribution in [0.25, 0.3) is 10.9 Å². The summed E-state index contributed by atoms with van der Waals surface area (Å²) in [5, 5.41) is 1.05. The fraction of sp³-hybridized carbons (Fsp3) is 0.323. The Bertz CT molecular complexity index is 1510. The molecule has 192 valence electrons. The molecule has 37 heavy (non-hydrogen) atoms. The van der Waals surface area contributed by atoms with Crippen molar-refractivity contribution < 1.29 is 13.2 Å². The van der Waals surface area contributed by atoms with Crippen LogP contribution < -0.4 is 0 Å². The summed E-state index contributed by atoms with van der Waals surface area (Å²) in [6.45, 7) is 0. The van der Waals surface area contributed by atoms with Gasteiger partial charge in [0.1, 0.15) is 10.6 Å². The third-order valence-electron chi connectivity index (χ3n) is 7.76. The molecule has 1 saturated carbocycles. The Morgan fingerprint density at radius 1 is 0.865 bits per heavy atom. The van der Waals surface area contributed by atoms with Crippen LogP contribution in [0.1, 0.15) is 54.6 Å². The van der Waals surface area contributed by atoms with E-state index >= 15 is 0 Å². The summed E-state index contributed by atoms with van der Waals surface area (Å²) in [5.41, 5.74) is 2.37. The first-order chi connectivity index (χ1) is 17.9. The van der Waals surface area contributed by atoms with E-state index in [-0.39, 0.29) is 21.5 Å². The number of aryl methyl sites for hydroxylation is 1. The molecule has 0 N–H and O–H groups in total. The first-order valence-electron chi connectivity index (χ1n) is 13.0. The van der Waals surface area contributed by atoms with Crippen molar-refractivity contribution in [1.29, 1.82) is 0 Å². The third-order valence-corrected chi connectivity index (χ3v) is 9.86. The van der Waals surface area contributed by atoms with Gasteiger partial charge in [-0.15, -0.1) is 0 Å². The van der Waals surface area contributed by atoms with Gasteiger partial charge in [0.2, 0.25) is 9.84 Å². The van der Waals surface area contributed by atoms with Gasteiger partial charge in [0.25, 0.3) is 0 Å². The van der Waals surface area contributed by atoms with E-state index in [2.05, 4.69) is 24.3 Å². The highest BCUT2D eigenvalue weighted by Gasteiger charge is 2.34. The maximum atomic E-state index is 14.2. The van der Waals surface area contributed by atoms with Gasteiger partial charge in [0.15, 0.2) is 5.78 Å². The van der Waals surface area contributed by atoms with Gasteiger partial charge >= 0.3 is 0 Å². The molecule has 3 aromatic carbocycles. The predicted molar refractivity (Wildman–Crippen MR) is 149 cm³/mol. The van der Waals surface area contributed by atoms with Gasteiger partial charge in [-0.3, -0.25) is 4.79 Å². The second-order valence-electron chi connectivity index (χ2n) is 10.2. The summed E-state index contributed by atoms with van der Waals surface area (Å²) < 4.78 is 29.7. The van der Waals surface area contributed by atoms with E-state index in [9.17, 15) is 13.2 Å². The van der Waals surface area contributed by atoms with Gasteiger partial charge in [-0.2, -0.15) is 0 Å². The zero-order valence-corrected chi connectivity index (χ0v) is 22.6. The van der Waals surface area contributed by atoms with Crippen LogP contribution in [0, 0.1) is 11.8 Å². The molecule has 4 aromatic rings. The molecule has 6 heteroatoms. The number of fused-ring (bicyclic) bond motifs is 1. The molecule has 1 aliphatic carbocycles. The van der Waals surface area contributed by atoms with Crippen molar-refractivity contribution in [2.24, 2.45) is 18.9 Å². The lowest BCUT2D eigenvalue weighted by Gasteiger charge is -2.25. The van der Waals surface area contributed by atoms with Crippen molar-refractivity contribution in [2.75, 3.05) is 0 Å². The average molecular weight is 534 g/mol. The second-order valence-corrected chi connectivity index (χ2v) is 12.5. The molecule has 0 radical (unpaired) electrons. The lowest BCUT2D eigenvalue weighted by molar-refractivity contribution is 0.0880. The standard InChI is InChI=1S/C31H32ClNO3S/c1-33-28-14-8-7-13-27(28)31(37(35,36)26-19-17-25(32)18-20-26)29(33)30(34)24-12-6-5-11-23(15-16-24)21-22-9-3-2-4-10-22/h2-4,7-10,13-14,17-20,23-24H,5-6,11-12,15-16,21H2,1H3. The summed E-state index contributed by atoms with van der Waals surface area (Å²) in [6, 6.07) is 24.1. The van der Waals surface area contributed by atoms with Crippen LogP contribution in [-0.4, -0.2) is 18.8 Å². The largest absolute Gasteiger partial charge is 0.340 e. The summed E-state index contributed by atoms with van der Waals surface area (Å²) in [7, 11) is -2.14. The molecule has 0 spiro atoms. The highest BCUT2D eigenvalue weighted by Crippen LogP contribution is 2.38. The third kappa shape index (κ3) is 5.25. The zero-order chi connectivity index (χ0) is 26.0. The van der Waals surface area contributed by atoms with Gasteiger partial charge in [-0.05, 0) is 67.5 Å². The Kier molecular flexibility index (Phi) is 7.55. The molecule has 2 atom stereocenters. The molecule has 0 aliphatic heterocycles. The van der Waals surface area contributed by atoms with Crippen molar-refractivity contribution in [3.63, 3.8) is 0 Å². The minimum atomic E-state index is -3.94. The van der Waals surface area contributed by atoms with Crippen molar-refractivity contribution in [2.45, 2.75) is 54.7 Å². The van der Waals surface area contributed by atoms with E-state index in [1.807, 2.05) is 24.3 Å². The van der Waals surface area contributed by atoms with Crippen LogP contribution in [0.3, 0.4) is 0 Å². The Labute approximate surface area is 224 Å². The van der Waals surface area contributed by atoms with Crippen molar-refractivity contribution in [3.05, 3.63) is 95.1 Å². The Morgan fingerprint density at radius 2 is 1.54 bits per heavy atom. The normalized spacial score (nSPS) is 18.9. The SMILES string of the molecule is Cn1c(C(=O)C2CCCCC(Cc3ccccc3)CC2)c(S(=O)(=O)c2ccc(Cl)cc2)c2ccccc21. The number of halogens is 1. The molecule has 2 unspecified atom stereocenters. The number of sulfone groups is 1. The monoisotopic (exact) mass is 533 g/mol. The zero-order valence-electron chi connectivity index (χ0n) is 21.1. The number of benzene rings is 3. The number of hydrogen-bond donors (Lipinski definition) is 0. The van der Waals surface area contributed by atoms with Gasteiger partial charge in [0.05, 0.1) is 4.90 Å². The number of para-hydroxylation sites is 1. The van der Waals surface area contributed by atoms with E-state index < -0.39 is 9.84 Å². The topological polar surface area (TPSA) is 56.1 Å². The highest BCUT2D eigenvalue weighted by molar-refractivity contribution is 7.91. The highest BCUT2D eigenvalue weighted by atomic mass is 35.5. The van der Waals surface area contributed by atoms with Crippen LogP contribution in [0.4, 0.5) is 0 Å². The van der Waals surface area contributed by atoms with Gasteiger partial charge in [-0.25, -0.2) is 8.42 Å². The first kappa shape index (κ1) is 25.7. The maximum absolute atomic E-state index is 14.2. The fourth-order valence-electron chi connectivity index (χ4n) is 5.80. The lowest BCUT2D eigenvalue weighted by Crippen LogP contribution is -2.23. The number of rotatable bonds is 6. The molecule has 0 bridgehead atoms. The minimum Gasteiger partial charge on any atom is -0.340 e. The van der Waals surface area contributed by atoms with E-state index in [0.717, 1.165) is 44.0 Å². The van der Waals surface area contributed by atoms with Gasteiger partial charge < -0.3 is 4.57 Å². The van der Waals surface area contributed by atoms with E-state index in [0.29, 0.717) is 22.0 Å². The number of nitrogens with zero attached hydrogens (tertiary/aromatic N) is 1. The van der Waals surface area contributed by atoms with E-state index in [1.165, 1.54) is 24.1 Å². The van der Waals surface area contributed by atoms with Gasteiger partial charge in [-0.1, -0.05) is 79.4 Å². The number of carbonyl (C=O) groups is 1. The van der Waals surface area contributed by atoms with Crippen LogP contribution in [0.5, 0.6) is 0 Å². The number of aromatic nitrogens is 1. The number of hydrogen-bond acceptors (Lipinski definition) is 3. The van der Waals surface area contributed by atoms with E-state index in [1.54, 1.807) is 29.8 Å². The van der Waals surface area contributed by atoms with Crippen LogP contribution in [0.15, 0.2) is 88.7 Å². The molecule has 0 saturated heterocycles. The molecular formula is C31H32ClNO3S. The minimum absolute atomic E-state index is 0.0633. The number of ketones is 1. The molecule has 4 nitrogen and oxygen atoms in total. The molecule has 1 heterocycles. The van der Waals surface area contributed by atoms with Crippen molar-refractivity contribution >= 4 is 38.1 Å². The molecule has 1 aromatic heterocycles. The Hall–Kier alpha value is -2.89. The number of Topliss-reactive ketones (excluding diaryl/α,β-unsaturated/α-hetero) is 1. The maximum Gasteiger partial charge on any atom is 0.209 e. The lowest BCUT2D eigenvalue weighted by atomic mass is 9.80. The quantitative estimate of drug-likeness (QED) is 0.239. The summed E-state index contributed by atoms with van der Waals surface area (Å²) in [4.78, 5) is 14.4. The predicted octanol–water partition coefficient (Wildman–Crippen LogP) is 7.68. The van der Waals surface area contributed by atoms with Crippen molar-refractivity contribution in [3.8, 4) is 0 Å². The molecule has 0 amide bonds. The van der Waals surface area contributed by atoms with Crippen molar-refractivity contribution in [1.82, 2.24) is 4.57 Å². The number of carbonyl (C=O) groups excluding carboxylic acids is 1. The summed E-state index contributed by atoms with van der Waals surface area (Å²) >= 11 is 6.03. The molecule has 1 fully saturated rings. The van der Waals surface area contributed by atoms with Crippen LogP contribution >= 0.6 is 11.6 Å². The fourth-order valence-corrected chi connectivity index (χ4v) is 7.61. The first-order valence-corrected chi connectivity index (χ1v) is 14.9. The second kappa shape index (κ2) is 10.8. The average Bonchev–Trinajstić information content (AvgIpc) is 3.19. The molecule has 1 aliphatic rings. The van der Waals surface area contributed by atoms with Crippen LogP contribution in [-0.2, 0) is 23.3 Å². The Morgan fingerprint density at radius 3 is 2.30 bits per heavy atom. The molecular weight excluding hydrogens is 502 g/mol. The van der Waals surface area contributed by atoms with Crippen LogP contribution in [0.2, 0.25) is 5.02 Å². The summed E-state index contributed by atoms with van der Waals surface area (Å²) in [6.07, 6.45) is 6.79. The Balaban J connectivity index is 1.51. The molecule has 5 rings (SSSR count). The van der Waals surface area contributed by atoms with Gasteiger partial charge in [0, 0.05) is 28.9 Å². The van der Waals surface area contributed by atoms with E-state index in [4.69, 9.17) is 11.6 Å². The smallest absolute Gasteiger partial charge is 0.209 e. The summed E-state index contributed by atoms with van der Waals surface area (Å²) in [5.74, 6) is 0.273.